The second-order valence-corrected chi connectivity index (χ2v) is 7.22. The standard InChI is InChI=1S/C23H29ClN2O2/c1-3-16-25-23(28)21(4-2)26(17-18-10-6-5-7-11-18)22(27)15-14-19-12-8-9-13-20(19)24/h5-13,21H,3-4,14-17H2,1-2H3,(H,25,28)/t21-/m0/s1. The molecule has 0 unspecified atom stereocenters. The molecule has 0 aromatic heterocycles. The number of hydrogen-bond donors (Lipinski definition) is 1. The zero-order chi connectivity index (χ0) is 20.4. The lowest BCUT2D eigenvalue weighted by molar-refractivity contribution is -0.141. The molecule has 0 radical (unpaired) electrons. The van der Waals surface area contributed by atoms with Crippen molar-refractivity contribution in [3.05, 3.63) is 70.7 Å². The van der Waals surface area contributed by atoms with E-state index >= 15 is 0 Å². The number of aryl methyl sites for hydroxylation is 1. The van der Waals surface area contributed by atoms with Crippen LogP contribution in [0, 0.1) is 0 Å². The van der Waals surface area contributed by atoms with E-state index in [9.17, 15) is 9.59 Å². The number of nitrogens with one attached hydrogen (secondary N) is 1. The summed E-state index contributed by atoms with van der Waals surface area (Å²) >= 11 is 6.23. The Kier molecular flexibility index (Phi) is 9.02. The third kappa shape index (κ3) is 6.38. The minimum atomic E-state index is -0.481. The molecule has 0 spiro atoms. The molecule has 2 aromatic carbocycles. The maximum Gasteiger partial charge on any atom is 0.242 e. The van der Waals surface area contributed by atoms with E-state index in [2.05, 4.69) is 5.32 Å². The summed E-state index contributed by atoms with van der Waals surface area (Å²) in [5, 5.41) is 3.60. The number of halogens is 1. The van der Waals surface area contributed by atoms with E-state index in [4.69, 9.17) is 11.6 Å². The van der Waals surface area contributed by atoms with Crippen molar-refractivity contribution in [1.82, 2.24) is 10.2 Å². The van der Waals surface area contributed by atoms with Gasteiger partial charge in [-0.05, 0) is 36.5 Å². The van der Waals surface area contributed by atoms with E-state index in [-0.39, 0.29) is 11.8 Å². The molecule has 2 aromatic rings. The van der Waals surface area contributed by atoms with Gasteiger partial charge in [-0.1, -0.05) is 74.0 Å². The van der Waals surface area contributed by atoms with E-state index < -0.39 is 6.04 Å². The van der Waals surface area contributed by atoms with Gasteiger partial charge in [0.05, 0.1) is 0 Å². The van der Waals surface area contributed by atoms with Gasteiger partial charge in [0.15, 0.2) is 0 Å². The fraction of sp³-hybridized carbons (Fsp3) is 0.391. The Morgan fingerprint density at radius 2 is 1.71 bits per heavy atom. The van der Waals surface area contributed by atoms with Gasteiger partial charge in [0.2, 0.25) is 11.8 Å². The van der Waals surface area contributed by atoms with E-state index in [0.717, 1.165) is 17.5 Å². The van der Waals surface area contributed by atoms with Gasteiger partial charge < -0.3 is 10.2 Å². The molecule has 4 nitrogen and oxygen atoms in total. The first-order valence-corrected chi connectivity index (χ1v) is 10.3. The van der Waals surface area contributed by atoms with Gasteiger partial charge in [0, 0.05) is 24.5 Å². The SMILES string of the molecule is CCCNC(=O)[C@H](CC)N(Cc1ccccc1)C(=O)CCc1ccccc1Cl. The molecule has 0 bridgehead atoms. The zero-order valence-corrected chi connectivity index (χ0v) is 17.4. The first-order valence-electron chi connectivity index (χ1n) is 9.91. The Labute approximate surface area is 172 Å². The van der Waals surface area contributed by atoms with Gasteiger partial charge in [0.25, 0.3) is 0 Å². The Balaban J connectivity index is 2.17. The Morgan fingerprint density at radius 3 is 2.36 bits per heavy atom. The number of amides is 2. The lowest BCUT2D eigenvalue weighted by Crippen LogP contribution is -2.49. The molecule has 0 fully saturated rings. The summed E-state index contributed by atoms with van der Waals surface area (Å²) in [5.74, 6) is -0.131. The van der Waals surface area contributed by atoms with Crippen LogP contribution in [0.15, 0.2) is 54.6 Å². The summed E-state index contributed by atoms with van der Waals surface area (Å²) in [6.45, 7) is 4.98. The fourth-order valence-electron chi connectivity index (χ4n) is 3.15. The highest BCUT2D eigenvalue weighted by Crippen LogP contribution is 2.19. The highest BCUT2D eigenvalue weighted by molar-refractivity contribution is 6.31. The number of benzene rings is 2. The van der Waals surface area contributed by atoms with Crippen molar-refractivity contribution in [1.29, 1.82) is 0 Å². The topological polar surface area (TPSA) is 49.4 Å². The summed E-state index contributed by atoms with van der Waals surface area (Å²) in [6, 6.07) is 16.9. The lowest BCUT2D eigenvalue weighted by Gasteiger charge is -2.30. The van der Waals surface area contributed by atoms with Crippen LogP contribution in [0.1, 0.15) is 44.2 Å². The van der Waals surface area contributed by atoms with Gasteiger partial charge in [-0.3, -0.25) is 9.59 Å². The van der Waals surface area contributed by atoms with Gasteiger partial charge in [-0.2, -0.15) is 0 Å². The lowest BCUT2D eigenvalue weighted by atomic mass is 10.1. The molecule has 1 atom stereocenters. The van der Waals surface area contributed by atoms with Crippen molar-refractivity contribution in [2.75, 3.05) is 6.54 Å². The quantitative estimate of drug-likeness (QED) is 0.633. The summed E-state index contributed by atoms with van der Waals surface area (Å²) in [4.78, 5) is 27.5. The van der Waals surface area contributed by atoms with Crippen molar-refractivity contribution in [3.8, 4) is 0 Å². The third-order valence-corrected chi connectivity index (χ3v) is 5.07. The number of hydrogen-bond acceptors (Lipinski definition) is 2. The third-order valence-electron chi connectivity index (χ3n) is 4.70. The monoisotopic (exact) mass is 400 g/mol. The van der Waals surface area contributed by atoms with Crippen LogP contribution in [0.2, 0.25) is 5.02 Å². The van der Waals surface area contributed by atoms with Gasteiger partial charge >= 0.3 is 0 Å². The van der Waals surface area contributed by atoms with Crippen LogP contribution >= 0.6 is 11.6 Å². The van der Waals surface area contributed by atoms with Crippen molar-refractivity contribution in [2.24, 2.45) is 0 Å². The van der Waals surface area contributed by atoms with Crippen LogP contribution < -0.4 is 5.32 Å². The number of carbonyl (C=O) groups excluding carboxylic acids is 2. The van der Waals surface area contributed by atoms with E-state index in [0.29, 0.717) is 37.4 Å². The molecule has 2 rings (SSSR count). The van der Waals surface area contributed by atoms with Crippen LogP contribution in [0.5, 0.6) is 0 Å². The van der Waals surface area contributed by atoms with Gasteiger partial charge in [-0.25, -0.2) is 0 Å². The Hall–Kier alpha value is -2.33. The molecule has 0 heterocycles. The highest BCUT2D eigenvalue weighted by Gasteiger charge is 2.28. The van der Waals surface area contributed by atoms with E-state index in [1.54, 1.807) is 4.90 Å². The molecular weight excluding hydrogens is 372 g/mol. The predicted octanol–water partition coefficient (Wildman–Crippen LogP) is 4.61. The first-order chi connectivity index (χ1) is 13.6. The number of nitrogens with zero attached hydrogens (tertiary/aromatic N) is 1. The van der Waals surface area contributed by atoms with Crippen LogP contribution in [0.4, 0.5) is 0 Å². The molecule has 0 saturated carbocycles. The zero-order valence-electron chi connectivity index (χ0n) is 16.7. The second kappa shape index (κ2) is 11.5. The van der Waals surface area contributed by atoms with E-state index in [1.807, 2.05) is 68.4 Å². The summed E-state index contributed by atoms with van der Waals surface area (Å²) in [5.41, 5.74) is 1.95. The average Bonchev–Trinajstić information content (AvgIpc) is 2.72. The maximum absolute atomic E-state index is 13.1. The molecule has 28 heavy (non-hydrogen) atoms. The molecule has 0 aliphatic rings. The number of rotatable bonds is 10. The van der Waals surface area contributed by atoms with Crippen molar-refractivity contribution >= 4 is 23.4 Å². The van der Waals surface area contributed by atoms with Crippen LogP contribution in [-0.4, -0.2) is 29.3 Å². The van der Waals surface area contributed by atoms with Crippen LogP contribution in [0.25, 0.3) is 0 Å². The largest absolute Gasteiger partial charge is 0.354 e. The average molecular weight is 401 g/mol. The summed E-state index contributed by atoms with van der Waals surface area (Å²) in [6.07, 6.45) is 2.30. The molecule has 150 valence electrons. The molecular formula is C23H29ClN2O2. The van der Waals surface area contributed by atoms with Crippen molar-refractivity contribution in [3.63, 3.8) is 0 Å². The minimum Gasteiger partial charge on any atom is -0.354 e. The molecule has 0 aliphatic carbocycles. The normalized spacial score (nSPS) is 11.7. The first kappa shape index (κ1) is 22.0. The molecule has 0 aliphatic heterocycles. The van der Waals surface area contributed by atoms with E-state index in [1.165, 1.54) is 0 Å². The maximum atomic E-state index is 13.1. The van der Waals surface area contributed by atoms with Gasteiger partial charge in [0.1, 0.15) is 6.04 Å². The fourth-order valence-corrected chi connectivity index (χ4v) is 3.38. The highest BCUT2D eigenvalue weighted by atomic mass is 35.5. The van der Waals surface area contributed by atoms with Crippen LogP contribution in [-0.2, 0) is 22.6 Å². The molecule has 0 saturated heterocycles. The second-order valence-electron chi connectivity index (χ2n) is 6.81. The molecule has 2 amide bonds. The van der Waals surface area contributed by atoms with Crippen molar-refractivity contribution < 1.29 is 9.59 Å². The Bertz CT molecular complexity index is 764. The number of carbonyl (C=O) groups is 2. The van der Waals surface area contributed by atoms with Crippen LogP contribution in [0.3, 0.4) is 0 Å². The molecule has 5 heteroatoms. The summed E-state index contributed by atoms with van der Waals surface area (Å²) in [7, 11) is 0. The van der Waals surface area contributed by atoms with Crippen molar-refractivity contribution in [2.45, 2.75) is 52.1 Å². The smallest absolute Gasteiger partial charge is 0.242 e. The summed E-state index contributed by atoms with van der Waals surface area (Å²) < 4.78 is 0. The Morgan fingerprint density at radius 1 is 1.04 bits per heavy atom. The minimum absolute atomic E-state index is 0.0396. The molecule has 1 N–H and O–H groups in total. The predicted molar refractivity (Wildman–Crippen MR) is 114 cm³/mol. The van der Waals surface area contributed by atoms with Gasteiger partial charge in [-0.15, -0.1) is 0 Å².